The molecule has 6 rings (SSSR count). The number of hydrogen-bond donors (Lipinski definition) is 0. The molecule has 3 heteroatoms. The third-order valence-electron chi connectivity index (χ3n) is 5.86. The van der Waals surface area contributed by atoms with Crippen LogP contribution in [0.3, 0.4) is 0 Å². The van der Waals surface area contributed by atoms with Crippen molar-refractivity contribution in [2.24, 2.45) is 5.10 Å². The molecule has 4 aromatic rings. The zero-order valence-electron chi connectivity index (χ0n) is 15.9. The van der Waals surface area contributed by atoms with E-state index in [1.54, 1.807) is 0 Å². The highest BCUT2D eigenvalue weighted by Crippen LogP contribution is 2.47. The van der Waals surface area contributed by atoms with Crippen LogP contribution in [0.5, 0.6) is 5.75 Å². The molecule has 2 heterocycles. The standard InChI is InChI=1S/C26H20N2O/c1-2-9-19(10-3-1)23-17-24-22-12-6-7-13-25(22)29-26(28(24)27-23)21-15-14-18-8-4-5-11-20(18)16-21/h1-16,24,26H,17H2/t24-,26-/m0/s1. The predicted octanol–water partition coefficient (Wildman–Crippen LogP) is 6.08. The van der Waals surface area contributed by atoms with Gasteiger partial charge in [-0.3, -0.25) is 0 Å². The molecule has 140 valence electrons. The number of ether oxygens (including phenoxy) is 1. The van der Waals surface area contributed by atoms with Gasteiger partial charge in [-0.2, -0.15) is 5.10 Å². The summed E-state index contributed by atoms with van der Waals surface area (Å²) in [5.41, 5.74) is 4.62. The van der Waals surface area contributed by atoms with Crippen LogP contribution in [0, 0.1) is 0 Å². The summed E-state index contributed by atoms with van der Waals surface area (Å²) in [6, 6.07) is 34.0. The minimum Gasteiger partial charge on any atom is -0.464 e. The number of rotatable bonds is 2. The van der Waals surface area contributed by atoms with Gasteiger partial charge in [-0.25, -0.2) is 5.01 Å². The summed E-state index contributed by atoms with van der Waals surface area (Å²) in [6.07, 6.45) is 0.648. The second-order valence-corrected chi connectivity index (χ2v) is 7.63. The molecule has 2 aliphatic rings. The first kappa shape index (κ1) is 16.4. The molecule has 3 nitrogen and oxygen atoms in total. The van der Waals surface area contributed by atoms with Crippen LogP contribution in [0.4, 0.5) is 0 Å². The Morgan fingerprint density at radius 2 is 1.52 bits per heavy atom. The Morgan fingerprint density at radius 1 is 0.759 bits per heavy atom. The van der Waals surface area contributed by atoms with Gasteiger partial charge >= 0.3 is 0 Å². The second-order valence-electron chi connectivity index (χ2n) is 7.63. The smallest absolute Gasteiger partial charge is 0.213 e. The molecule has 2 aliphatic heterocycles. The van der Waals surface area contributed by atoms with Crippen LogP contribution in [-0.2, 0) is 0 Å². The Balaban J connectivity index is 1.47. The van der Waals surface area contributed by atoms with Gasteiger partial charge in [-0.05, 0) is 28.5 Å². The molecular formula is C26H20N2O. The first-order valence-electron chi connectivity index (χ1n) is 10.0. The molecule has 0 amide bonds. The van der Waals surface area contributed by atoms with Gasteiger partial charge in [0.05, 0.1) is 11.8 Å². The van der Waals surface area contributed by atoms with Crippen LogP contribution in [0.25, 0.3) is 10.8 Å². The van der Waals surface area contributed by atoms with E-state index in [9.17, 15) is 0 Å². The van der Waals surface area contributed by atoms with Crippen LogP contribution in [0.15, 0.2) is 102 Å². The molecule has 0 fully saturated rings. The second kappa shape index (κ2) is 6.49. The Kier molecular flexibility index (Phi) is 3.66. The van der Waals surface area contributed by atoms with Gasteiger partial charge < -0.3 is 4.74 Å². The monoisotopic (exact) mass is 376 g/mol. The molecule has 0 unspecified atom stereocenters. The molecule has 0 saturated heterocycles. The van der Waals surface area contributed by atoms with Gasteiger partial charge in [0, 0.05) is 17.5 Å². The van der Waals surface area contributed by atoms with Crippen molar-refractivity contribution in [3.63, 3.8) is 0 Å². The van der Waals surface area contributed by atoms with E-state index in [-0.39, 0.29) is 12.3 Å². The molecule has 0 radical (unpaired) electrons. The Hall–Kier alpha value is -3.59. The maximum absolute atomic E-state index is 6.48. The summed E-state index contributed by atoms with van der Waals surface area (Å²) >= 11 is 0. The van der Waals surface area contributed by atoms with Crippen molar-refractivity contribution in [3.8, 4) is 5.75 Å². The lowest BCUT2D eigenvalue weighted by molar-refractivity contribution is -0.0189. The lowest BCUT2D eigenvalue weighted by Crippen LogP contribution is -2.33. The maximum atomic E-state index is 6.48. The van der Waals surface area contributed by atoms with Crippen molar-refractivity contribution in [1.29, 1.82) is 0 Å². The van der Waals surface area contributed by atoms with Crippen LogP contribution >= 0.6 is 0 Å². The number of hydrogen-bond acceptors (Lipinski definition) is 3. The summed E-state index contributed by atoms with van der Waals surface area (Å²) in [7, 11) is 0. The van der Waals surface area contributed by atoms with Gasteiger partial charge in [0.15, 0.2) is 0 Å². The highest BCUT2D eigenvalue weighted by atomic mass is 16.5. The average Bonchev–Trinajstić information content (AvgIpc) is 3.25. The zero-order valence-corrected chi connectivity index (χ0v) is 15.9. The Morgan fingerprint density at radius 3 is 2.41 bits per heavy atom. The fourth-order valence-electron chi connectivity index (χ4n) is 4.42. The van der Waals surface area contributed by atoms with E-state index in [0.29, 0.717) is 0 Å². The number of fused-ring (bicyclic) bond motifs is 4. The lowest BCUT2D eigenvalue weighted by Gasteiger charge is -2.38. The maximum Gasteiger partial charge on any atom is 0.213 e. The highest BCUT2D eigenvalue weighted by Gasteiger charge is 2.40. The summed E-state index contributed by atoms with van der Waals surface area (Å²) in [5.74, 6) is 0.955. The Bertz CT molecular complexity index is 1230. The van der Waals surface area contributed by atoms with E-state index >= 15 is 0 Å². The van der Waals surface area contributed by atoms with E-state index in [2.05, 4.69) is 89.9 Å². The van der Waals surface area contributed by atoms with Crippen LogP contribution < -0.4 is 4.74 Å². The van der Waals surface area contributed by atoms with Crippen LogP contribution in [-0.4, -0.2) is 10.7 Å². The first-order valence-corrected chi connectivity index (χ1v) is 10.0. The fraction of sp³-hybridized carbons (Fsp3) is 0.115. The fourth-order valence-corrected chi connectivity index (χ4v) is 4.42. The van der Waals surface area contributed by atoms with Crippen LogP contribution in [0.1, 0.15) is 35.4 Å². The minimum absolute atomic E-state index is 0.187. The van der Waals surface area contributed by atoms with E-state index < -0.39 is 0 Å². The third-order valence-corrected chi connectivity index (χ3v) is 5.86. The van der Waals surface area contributed by atoms with Gasteiger partial charge in [-0.1, -0.05) is 84.9 Å². The summed E-state index contributed by atoms with van der Waals surface area (Å²) in [4.78, 5) is 0. The summed E-state index contributed by atoms with van der Waals surface area (Å²) in [6.45, 7) is 0. The largest absolute Gasteiger partial charge is 0.464 e. The molecule has 0 spiro atoms. The zero-order chi connectivity index (χ0) is 19.2. The molecule has 0 bridgehead atoms. The first-order chi connectivity index (χ1) is 14.4. The van der Waals surface area contributed by atoms with Crippen LogP contribution in [0.2, 0.25) is 0 Å². The van der Waals surface area contributed by atoms with Crippen molar-refractivity contribution in [2.45, 2.75) is 18.7 Å². The summed E-state index contributed by atoms with van der Waals surface area (Å²) in [5, 5.41) is 9.64. The van der Waals surface area contributed by atoms with Gasteiger partial charge in [0.1, 0.15) is 5.75 Å². The van der Waals surface area contributed by atoms with Crippen molar-refractivity contribution >= 4 is 16.5 Å². The third kappa shape index (κ3) is 2.70. The van der Waals surface area contributed by atoms with Gasteiger partial charge in [0.2, 0.25) is 6.23 Å². The normalized spacial score (nSPS) is 20.0. The molecule has 0 N–H and O–H groups in total. The minimum atomic E-state index is -0.235. The van der Waals surface area contributed by atoms with Crippen molar-refractivity contribution in [1.82, 2.24) is 5.01 Å². The van der Waals surface area contributed by atoms with E-state index in [1.807, 2.05) is 12.1 Å². The van der Waals surface area contributed by atoms with Gasteiger partial charge in [-0.15, -0.1) is 0 Å². The van der Waals surface area contributed by atoms with Gasteiger partial charge in [0.25, 0.3) is 0 Å². The van der Waals surface area contributed by atoms with E-state index in [4.69, 9.17) is 9.84 Å². The Labute approximate surface area is 169 Å². The SMILES string of the molecule is c1ccc(C2=NN3[C@@H](C2)c2ccccc2O[C@H]3c2ccc3ccccc3c2)cc1. The molecule has 0 aromatic heterocycles. The lowest BCUT2D eigenvalue weighted by atomic mass is 9.95. The predicted molar refractivity (Wildman–Crippen MR) is 116 cm³/mol. The number of nitrogens with zero attached hydrogens (tertiary/aromatic N) is 2. The molecule has 2 atom stereocenters. The molecule has 29 heavy (non-hydrogen) atoms. The quantitative estimate of drug-likeness (QED) is 0.423. The topological polar surface area (TPSA) is 24.8 Å². The molecular weight excluding hydrogens is 356 g/mol. The number of benzene rings is 4. The molecule has 4 aromatic carbocycles. The highest BCUT2D eigenvalue weighted by molar-refractivity contribution is 6.01. The molecule has 0 saturated carbocycles. The summed E-state index contributed by atoms with van der Waals surface area (Å²) < 4.78 is 6.48. The van der Waals surface area contributed by atoms with Crippen molar-refractivity contribution in [2.75, 3.05) is 0 Å². The van der Waals surface area contributed by atoms with Crippen molar-refractivity contribution in [3.05, 3.63) is 114 Å². The van der Waals surface area contributed by atoms with E-state index in [0.717, 1.165) is 23.4 Å². The van der Waals surface area contributed by atoms with Crippen molar-refractivity contribution < 1.29 is 4.74 Å². The number of hydrazone groups is 1. The number of para-hydroxylation sites is 1. The molecule has 0 aliphatic carbocycles. The average molecular weight is 376 g/mol. The van der Waals surface area contributed by atoms with E-state index in [1.165, 1.54) is 21.9 Å².